The summed E-state index contributed by atoms with van der Waals surface area (Å²) in [4.78, 5) is 12.0. The van der Waals surface area contributed by atoms with E-state index in [1.807, 2.05) is 0 Å². The number of aliphatic carboxylic acids is 1. The summed E-state index contributed by atoms with van der Waals surface area (Å²) in [6.07, 6.45) is 0. The molecule has 76 valence electrons. The van der Waals surface area contributed by atoms with Crippen LogP contribution in [0.25, 0.3) is 0 Å². The van der Waals surface area contributed by atoms with E-state index in [2.05, 4.69) is 0 Å². The number of carbonyl (C=O) groups is 1. The molecule has 0 aromatic heterocycles. The Kier molecular flexibility index (Phi) is 3.61. The maximum atomic E-state index is 10.5. The van der Waals surface area contributed by atoms with Crippen molar-refractivity contribution in [1.82, 2.24) is 0 Å². The van der Waals surface area contributed by atoms with Crippen molar-refractivity contribution >= 4 is 34.9 Å². The van der Waals surface area contributed by atoms with E-state index in [0.29, 0.717) is 15.7 Å². The van der Waals surface area contributed by atoms with Gasteiger partial charge in [0.2, 0.25) is 0 Å². The van der Waals surface area contributed by atoms with Gasteiger partial charge in [0, 0.05) is 12.1 Å². The fourth-order valence-corrected chi connectivity index (χ4v) is 1.63. The highest BCUT2D eigenvalue weighted by Gasteiger charge is 2.09. The minimum atomic E-state index is -0.904. The van der Waals surface area contributed by atoms with Crippen molar-refractivity contribution in [3.8, 4) is 0 Å². The zero-order valence-corrected chi connectivity index (χ0v) is 9.01. The molecule has 1 N–H and O–H groups in total. The molecular weight excluding hydrogens is 225 g/mol. The third kappa shape index (κ3) is 2.79. The molecule has 0 radical (unpaired) electrons. The van der Waals surface area contributed by atoms with Crippen molar-refractivity contribution in [2.75, 3.05) is 18.5 Å². The average Bonchev–Trinajstić information content (AvgIpc) is 2.01. The van der Waals surface area contributed by atoms with Gasteiger partial charge in [-0.05, 0) is 18.2 Å². The topological polar surface area (TPSA) is 40.5 Å². The molecule has 1 aromatic rings. The van der Waals surface area contributed by atoms with Gasteiger partial charge in [0.25, 0.3) is 0 Å². The lowest BCUT2D eigenvalue weighted by atomic mass is 10.3. The Hall–Kier alpha value is -0.930. The van der Waals surface area contributed by atoms with Gasteiger partial charge < -0.3 is 10.0 Å². The Bertz CT molecular complexity index is 355. The first-order valence-electron chi connectivity index (χ1n) is 3.88. The molecule has 0 unspecified atom stereocenters. The summed E-state index contributed by atoms with van der Waals surface area (Å²) in [5.41, 5.74) is 0.651. The van der Waals surface area contributed by atoms with Gasteiger partial charge in [0.15, 0.2) is 0 Å². The average molecular weight is 234 g/mol. The minimum absolute atomic E-state index is 0.0959. The molecule has 0 aliphatic carbocycles. The van der Waals surface area contributed by atoms with Crippen molar-refractivity contribution in [2.24, 2.45) is 0 Å². The van der Waals surface area contributed by atoms with E-state index in [0.717, 1.165) is 0 Å². The lowest BCUT2D eigenvalue weighted by molar-refractivity contribution is -0.135. The lowest BCUT2D eigenvalue weighted by Crippen LogP contribution is -2.25. The summed E-state index contributed by atoms with van der Waals surface area (Å²) in [7, 11) is 1.66. The fraction of sp³-hybridized carbons (Fsp3) is 0.222. The van der Waals surface area contributed by atoms with Crippen LogP contribution in [0.2, 0.25) is 10.0 Å². The summed E-state index contributed by atoms with van der Waals surface area (Å²) in [6.45, 7) is -0.0959. The molecule has 3 nitrogen and oxygen atoms in total. The van der Waals surface area contributed by atoms with Gasteiger partial charge in [-0.15, -0.1) is 0 Å². The number of hydrogen-bond acceptors (Lipinski definition) is 2. The maximum Gasteiger partial charge on any atom is 0.323 e. The second kappa shape index (κ2) is 4.53. The number of hydrogen-bond donors (Lipinski definition) is 1. The highest BCUT2D eigenvalue weighted by atomic mass is 35.5. The summed E-state index contributed by atoms with van der Waals surface area (Å²) >= 11 is 11.6. The third-order valence-electron chi connectivity index (χ3n) is 1.69. The third-order valence-corrected chi connectivity index (χ3v) is 2.23. The molecule has 0 aliphatic heterocycles. The van der Waals surface area contributed by atoms with Crippen LogP contribution in [0.5, 0.6) is 0 Å². The molecule has 0 bridgehead atoms. The Balaban J connectivity index is 2.90. The highest BCUT2D eigenvalue weighted by Crippen LogP contribution is 2.27. The van der Waals surface area contributed by atoms with Crippen LogP contribution in [0.3, 0.4) is 0 Å². The molecule has 0 saturated heterocycles. The Morgan fingerprint density at radius 3 is 2.64 bits per heavy atom. The van der Waals surface area contributed by atoms with Gasteiger partial charge in [0.05, 0.1) is 10.7 Å². The van der Waals surface area contributed by atoms with Crippen LogP contribution < -0.4 is 4.90 Å². The van der Waals surface area contributed by atoms with E-state index >= 15 is 0 Å². The van der Waals surface area contributed by atoms with Gasteiger partial charge in [-0.1, -0.05) is 23.2 Å². The zero-order chi connectivity index (χ0) is 10.7. The van der Waals surface area contributed by atoms with Crippen molar-refractivity contribution in [2.45, 2.75) is 0 Å². The van der Waals surface area contributed by atoms with Gasteiger partial charge >= 0.3 is 5.97 Å². The van der Waals surface area contributed by atoms with Crippen LogP contribution in [0.1, 0.15) is 0 Å². The van der Waals surface area contributed by atoms with E-state index in [-0.39, 0.29) is 6.54 Å². The zero-order valence-electron chi connectivity index (χ0n) is 7.50. The monoisotopic (exact) mass is 233 g/mol. The van der Waals surface area contributed by atoms with Gasteiger partial charge in [-0.2, -0.15) is 0 Å². The van der Waals surface area contributed by atoms with Crippen molar-refractivity contribution in [3.05, 3.63) is 28.2 Å². The Morgan fingerprint density at radius 2 is 2.14 bits per heavy atom. The second-order valence-corrected chi connectivity index (χ2v) is 3.69. The molecule has 5 heteroatoms. The number of anilines is 1. The molecule has 1 rings (SSSR count). The van der Waals surface area contributed by atoms with Gasteiger partial charge in [-0.25, -0.2) is 0 Å². The summed E-state index contributed by atoms with van der Waals surface area (Å²) in [5, 5.41) is 9.56. The number of likely N-dealkylation sites (N-methyl/N-ethyl adjacent to an activating group) is 1. The normalized spacial score (nSPS) is 9.93. The molecule has 0 aliphatic rings. The molecule has 1 aromatic carbocycles. The van der Waals surface area contributed by atoms with Crippen LogP contribution in [-0.4, -0.2) is 24.7 Å². The van der Waals surface area contributed by atoms with Crippen LogP contribution in [0.15, 0.2) is 18.2 Å². The first-order valence-corrected chi connectivity index (χ1v) is 4.64. The molecule has 0 saturated carbocycles. The largest absolute Gasteiger partial charge is 0.480 e. The molecule has 0 heterocycles. The second-order valence-electron chi connectivity index (χ2n) is 2.85. The highest BCUT2D eigenvalue weighted by molar-refractivity contribution is 6.36. The predicted octanol–water partition coefficient (Wildman–Crippen LogP) is 2.51. The van der Waals surface area contributed by atoms with Gasteiger partial charge in [0.1, 0.15) is 6.54 Å². The van der Waals surface area contributed by atoms with Crippen molar-refractivity contribution < 1.29 is 9.90 Å². The lowest BCUT2D eigenvalue weighted by Gasteiger charge is -2.18. The first-order chi connectivity index (χ1) is 6.50. The van der Waals surface area contributed by atoms with E-state index < -0.39 is 5.97 Å². The van der Waals surface area contributed by atoms with Gasteiger partial charge in [-0.3, -0.25) is 4.79 Å². The number of halogens is 2. The molecule has 0 amide bonds. The molecule has 14 heavy (non-hydrogen) atoms. The number of carboxylic acids is 1. The number of benzene rings is 1. The predicted molar refractivity (Wildman–Crippen MR) is 57.4 cm³/mol. The van der Waals surface area contributed by atoms with Crippen LogP contribution in [0, 0.1) is 0 Å². The maximum absolute atomic E-state index is 10.5. The summed E-state index contributed by atoms with van der Waals surface area (Å²) < 4.78 is 0. The van der Waals surface area contributed by atoms with E-state index in [4.69, 9.17) is 28.3 Å². The molecule has 0 fully saturated rings. The quantitative estimate of drug-likeness (QED) is 0.873. The number of carboxylic acid groups (broad SMARTS) is 1. The van der Waals surface area contributed by atoms with Crippen LogP contribution in [0.4, 0.5) is 5.69 Å². The fourth-order valence-electron chi connectivity index (χ4n) is 1.08. The minimum Gasteiger partial charge on any atom is -0.480 e. The molecular formula is C9H9Cl2NO2. The van der Waals surface area contributed by atoms with E-state index in [1.165, 1.54) is 0 Å². The number of nitrogens with zero attached hydrogens (tertiary/aromatic N) is 1. The summed E-state index contributed by atoms with van der Waals surface area (Å²) in [5.74, 6) is -0.904. The Morgan fingerprint density at radius 1 is 1.50 bits per heavy atom. The Labute approximate surface area is 91.8 Å². The summed E-state index contributed by atoms with van der Waals surface area (Å²) in [6, 6.07) is 4.94. The number of rotatable bonds is 3. The van der Waals surface area contributed by atoms with Crippen LogP contribution >= 0.6 is 23.2 Å². The van der Waals surface area contributed by atoms with Crippen molar-refractivity contribution in [3.63, 3.8) is 0 Å². The SMILES string of the molecule is CN(CC(=O)O)c1ccc(Cl)cc1Cl. The van der Waals surface area contributed by atoms with E-state index in [9.17, 15) is 4.79 Å². The van der Waals surface area contributed by atoms with E-state index in [1.54, 1.807) is 30.1 Å². The molecule has 0 atom stereocenters. The van der Waals surface area contributed by atoms with Crippen molar-refractivity contribution in [1.29, 1.82) is 0 Å². The first kappa shape index (κ1) is 11.1. The standard InChI is InChI=1S/C9H9Cl2NO2/c1-12(5-9(13)14)8-3-2-6(10)4-7(8)11/h2-4H,5H2,1H3,(H,13,14). The smallest absolute Gasteiger partial charge is 0.323 e. The van der Waals surface area contributed by atoms with Crippen LogP contribution in [-0.2, 0) is 4.79 Å². The molecule has 0 spiro atoms.